The zero-order chi connectivity index (χ0) is 26.3. The Labute approximate surface area is 200 Å². The quantitative estimate of drug-likeness (QED) is 0.0962. The van der Waals surface area contributed by atoms with E-state index in [0.717, 1.165) is 0 Å². The molecule has 4 atom stereocenters. The normalized spacial score (nSPS) is 14.5. The number of carbonyl (C=O) groups excluding carboxylic acids is 4. The number of nitrogens with two attached hydrogens (primary N) is 4. The van der Waals surface area contributed by atoms with E-state index in [4.69, 9.17) is 22.9 Å². The van der Waals surface area contributed by atoms with Crippen LogP contribution < -0.4 is 38.9 Å². The van der Waals surface area contributed by atoms with Crippen LogP contribution in [0.2, 0.25) is 0 Å². The van der Waals surface area contributed by atoms with E-state index < -0.39 is 60.2 Å². The fraction of sp³-hybridized carbons (Fsp3) is 0.762. The molecule has 0 saturated carbocycles. The topological polar surface area (TPSA) is 246 Å². The van der Waals surface area contributed by atoms with Crippen LogP contribution in [-0.4, -0.2) is 72.0 Å². The molecular formula is C21H41N7O6. The molecule has 0 spiro atoms. The van der Waals surface area contributed by atoms with Crippen LogP contribution in [0.25, 0.3) is 0 Å². The molecule has 13 nitrogen and oxygen atoms in total. The molecule has 0 radical (unpaired) electrons. The van der Waals surface area contributed by atoms with Crippen molar-refractivity contribution < 1.29 is 29.1 Å². The Hall–Kier alpha value is -2.77. The molecule has 0 heterocycles. The minimum Gasteiger partial charge on any atom is -0.481 e. The number of carboxylic acids is 1. The van der Waals surface area contributed by atoms with Crippen LogP contribution >= 0.6 is 0 Å². The summed E-state index contributed by atoms with van der Waals surface area (Å²) in [6.07, 6.45) is 2.31. The number of carboxylic acid groups (broad SMARTS) is 1. The Bertz CT molecular complexity index is 689. The van der Waals surface area contributed by atoms with Crippen molar-refractivity contribution in [3.63, 3.8) is 0 Å². The molecule has 0 rings (SSSR count). The Morgan fingerprint density at radius 1 is 0.765 bits per heavy atom. The van der Waals surface area contributed by atoms with Crippen molar-refractivity contribution in [3.8, 4) is 0 Å². The first-order valence-corrected chi connectivity index (χ1v) is 11.5. The van der Waals surface area contributed by atoms with Gasteiger partial charge < -0.3 is 44.0 Å². The van der Waals surface area contributed by atoms with Crippen molar-refractivity contribution in [1.29, 1.82) is 0 Å². The maximum absolute atomic E-state index is 12.9. The molecule has 0 bridgehead atoms. The predicted molar refractivity (Wildman–Crippen MR) is 126 cm³/mol. The second kappa shape index (κ2) is 16.8. The maximum atomic E-state index is 12.9. The van der Waals surface area contributed by atoms with Crippen molar-refractivity contribution >= 4 is 29.6 Å². The summed E-state index contributed by atoms with van der Waals surface area (Å²) >= 11 is 0. The van der Waals surface area contributed by atoms with Crippen LogP contribution in [0.3, 0.4) is 0 Å². The summed E-state index contributed by atoms with van der Waals surface area (Å²) in [5, 5.41) is 16.5. The fourth-order valence-electron chi connectivity index (χ4n) is 3.16. The maximum Gasteiger partial charge on any atom is 0.305 e. The lowest BCUT2D eigenvalue weighted by molar-refractivity contribution is -0.141. The molecule has 34 heavy (non-hydrogen) atoms. The lowest BCUT2D eigenvalue weighted by atomic mass is 10.0. The summed E-state index contributed by atoms with van der Waals surface area (Å²) in [7, 11) is 0. The molecule has 13 heteroatoms. The third kappa shape index (κ3) is 12.5. The van der Waals surface area contributed by atoms with E-state index in [9.17, 15) is 29.1 Å². The molecule has 12 N–H and O–H groups in total. The number of aliphatic carboxylic acids is 1. The largest absolute Gasteiger partial charge is 0.481 e. The first-order valence-electron chi connectivity index (χ1n) is 11.5. The summed E-state index contributed by atoms with van der Waals surface area (Å²) < 4.78 is 0. The molecule has 0 aliphatic rings. The van der Waals surface area contributed by atoms with Crippen LogP contribution in [-0.2, 0) is 24.0 Å². The number of rotatable bonds is 18. The lowest BCUT2D eigenvalue weighted by Crippen LogP contribution is -2.58. The molecule has 0 aliphatic carbocycles. The average molecular weight is 488 g/mol. The van der Waals surface area contributed by atoms with E-state index >= 15 is 0 Å². The second-order valence-corrected chi connectivity index (χ2v) is 8.53. The summed E-state index contributed by atoms with van der Waals surface area (Å²) in [5.41, 5.74) is 22.1. The van der Waals surface area contributed by atoms with Crippen LogP contribution in [0.15, 0.2) is 0 Å². The number of hydrogen-bond donors (Lipinski definition) is 8. The summed E-state index contributed by atoms with van der Waals surface area (Å²) in [5.74, 6) is -4.66. The molecule has 0 aromatic rings. The number of primary amides is 1. The van der Waals surface area contributed by atoms with Gasteiger partial charge in [0.2, 0.25) is 23.6 Å². The van der Waals surface area contributed by atoms with E-state index in [1.54, 1.807) is 13.8 Å². The molecule has 0 saturated heterocycles. The van der Waals surface area contributed by atoms with Gasteiger partial charge in [0.15, 0.2) is 0 Å². The fourth-order valence-corrected chi connectivity index (χ4v) is 3.16. The Balaban J connectivity index is 5.44. The summed E-state index contributed by atoms with van der Waals surface area (Å²) in [6, 6.07) is -4.44. The molecule has 196 valence electrons. The predicted octanol–water partition coefficient (Wildman–Crippen LogP) is -2.36. The molecule has 0 fully saturated rings. The van der Waals surface area contributed by atoms with E-state index in [1.165, 1.54) is 0 Å². The van der Waals surface area contributed by atoms with Gasteiger partial charge in [-0.15, -0.1) is 0 Å². The molecule has 0 unspecified atom stereocenters. The zero-order valence-corrected chi connectivity index (χ0v) is 20.0. The van der Waals surface area contributed by atoms with Crippen molar-refractivity contribution in [3.05, 3.63) is 0 Å². The highest BCUT2D eigenvalue weighted by Gasteiger charge is 2.31. The van der Waals surface area contributed by atoms with Gasteiger partial charge in [-0.2, -0.15) is 0 Å². The zero-order valence-electron chi connectivity index (χ0n) is 20.0. The van der Waals surface area contributed by atoms with E-state index in [2.05, 4.69) is 16.0 Å². The average Bonchev–Trinajstić information content (AvgIpc) is 2.75. The first-order chi connectivity index (χ1) is 15.9. The lowest BCUT2D eigenvalue weighted by Gasteiger charge is -2.25. The van der Waals surface area contributed by atoms with Gasteiger partial charge in [0, 0.05) is 0 Å². The second-order valence-electron chi connectivity index (χ2n) is 8.53. The summed E-state index contributed by atoms with van der Waals surface area (Å²) in [4.78, 5) is 61.0. The van der Waals surface area contributed by atoms with Crippen molar-refractivity contribution in [2.75, 3.05) is 13.1 Å². The van der Waals surface area contributed by atoms with Gasteiger partial charge in [0.25, 0.3) is 0 Å². The monoisotopic (exact) mass is 487 g/mol. The first kappa shape index (κ1) is 31.2. The molecule has 0 aliphatic heterocycles. The van der Waals surface area contributed by atoms with Crippen molar-refractivity contribution in [1.82, 2.24) is 16.0 Å². The molecule has 4 amide bonds. The Kier molecular flexibility index (Phi) is 15.4. The van der Waals surface area contributed by atoms with Crippen LogP contribution in [0.4, 0.5) is 0 Å². The molecule has 0 aromatic heterocycles. The molecule has 0 aromatic carbocycles. The van der Waals surface area contributed by atoms with Crippen molar-refractivity contribution in [2.24, 2.45) is 28.9 Å². The number of unbranched alkanes of at least 4 members (excludes halogenated alkanes) is 2. The van der Waals surface area contributed by atoms with Gasteiger partial charge in [-0.25, -0.2) is 0 Å². The smallest absolute Gasteiger partial charge is 0.305 e. The standard InChI is InChI=1S/C21H41N7O6/c1-12(2)17(18(25)31)28-21(34)15(11-16(29)30)27-20(33)14(8-4-6-10-23)26-19(32)13(24)7-3-5-9-22/h12-15,17H,3-11,22-24H2,1-2H3,(H2,25,31)(H,26,32)(H,27,33)(H,28,34)(H,29,30)/t13-,14-,15-,17-/m0/s1. The van der Waals surface area contributed by atoms with E-state index in [0.29, 0.717) is 45.2 Å². The highest BCUT2D eigenvalue weighted by molar-refractivity contribution is 5.96. The van der Waals surface area contributed by atoms with Gasteiger partial charge >= 0.3 is 5.97 Å². The SMILES string of the molecule is CC(C)[C@H](NC(=O)[C@H](CC(=O)O)NC(=O)[C@H](CCCCN)NC(=O)[C@@H](N)CCCCN)C(N)=O. The Morgan fingerprint density at radius 3 is 1.74 bits per heavy atom. The molecular weight excluding hydrogens is 446 g/mol. The number of hydrogen-bond acceptors (Lipinski definition) is 8. The summed E-state index contributed by atoms with van der Waals surface area (Å²) in [6.45, 7) is 4.16. The minimum absolute atomic E-state index is 0.210. The van der Waals surface area contributed by atoms with E-state index in [-0.39, 0.29) is 12.3 Å². The van der Waals surface area contributed by atoms with E-state index in [1.807, 2.05) is 0 Å². The van der Waals surface area contributed by atoms with Gasteiger partial charge in [-0.3, -0.25) is 24.0 Å². The number of amides is 4. The number of carbonyl (C=O) groups is 5. The van der Waals surface area contributed by atoms with Crippen LogP contribution in [0, 0.1) is 5.92 Å². The van der Waals surface area contributed by atoms with Gasteiger partial charge in [0.1, 0.15) is 18.1 Å². The van der Waals surface area contributed by atoms with Crippen LogP contribution in [0.5, 0.6) is 0 Å². The minimum atomic E-state index is -1.49. The Morgan fingerprint density at radius 2 is 1.26 bits per heavy atom. The number of nitrogens with one attached hydrogen (secondary N) is 3. The van der Waals surface area contributed by atoms with Crippen LogP contribution in [0.1, 0.15) is 58.8 Å². The van der Waals surface area contributed by atoms with Gasteiger partial charge in [0.05, 0.1) is 12.5 Å². The van der Waals surface area contributed by atoms with Gasteiger partial charge in [-0.1, -0.05) is 20.3 Å². The van der Waals surface area contributed by atoms with Crippen molar-refractivity contribution in [2.45, 2.75) is 83.0 Å². The highest BCUT2D eigenvalue weighted by atomic mass is 16.4. The van der Waals surface area contributed by atoms with Gasteiger partial charge in [-0.05, 0) is 51.1 Å². The third-order valence-corrected chi connectivity index (χ3v) is 5.17. The highest BCUT2D eigenvalue weighted by Crippen LogP contribution is 2.07. The third-order valence-electron chi connectivity index (χ3n) is 5.17.